The monoisotopic (exact) mass is 322 g/mol. The molecule has 2 aromatic carbocycles. The Morgan fingerprint density at radius 2 is 1.88 bits per heavy atom. The Bertz CT molecular complexity index is 767. The third kappa shape index (κ3) is 3.35. The lowest BCUT2D eigenvalue weighted by molar-refractivity contribution is -0.129. The number of rotatable bonds is 4. The molecule has 1 fully saturated rings. The molecule has 1 aliphatic carbocycles. The second-order valence-corrected chi connectivity index (χ2v) is 6.48. The van der Waals surface area contributed by atoms with Gasteiger partial charge in [0, 0.05) is 5.39 Å². The molecular formula is C20H22N2O2. The van der Waals surface area contributed by atoms with Crippen molar-refractivity contribution in [2.75, 3.05) is 0 Å². The van der Waals surface area contributed by atoms with Gasteiger partial charge in [0.05, 0.1) is 6.07 Å². The van der Waals surface area contributed by atoms with E-state index in [1.54, 1.807) is 6.92 Å². The van der Waals surface area contributed by atoms with Crippen LogP contribution in [0.25, 0.3) is 10.8 Å². The molecule has 1 saturated carbocycles. The molecule has 0 aromatic heterocycles. The van der Waals surface area contributed by atoms with Crippen LogP contribution in [-0.2, 0) is 4.79 Å². The minimum atomic E-state index is -0.730. The van der Waals surface area contributed by atoms with Crippen LogP contribution < -0.4 is 10.1 Å². The van der Waals surface area contributed by atoms with Crippen LogP contribution in [0.1, 0.15) is 39.0 Å². The number of amides is 1. The van der Waals surface area contributed by atoms with Gasteiger partial charge in [-0.15, -0.1) is 0 Å². The lowest BCUT2D eigenvalue weighted by Gasteiger charge is -2.32. The summed E-state index contributed by atoms with van der Waals surface area (Å²) in [6.45, 7) is 1.73. The topological polar surface area (TPSA) is 62.1 Å². The van der Waals surface area contributed by atoms with Crippen LogP contribution in [0.2, 0.25) is 0 Å². The quantitative estimate of drug-likeness (QED) is 0.927. The Kier molecular flexibility index (Phi) is 4.71. The van der Waals surface area contributed by atoms with Gasteiger partial charge in [0.15, 0.2) is 6.10 Å². The summed E-state index contributed by atoms with van der Waals surface area (Å²) in [5.41, 5.74) is -0.730. The summed E-state index contributed by atoms with van der Waals surface area (Å²) in [6.07, 6.45) is 3.87. The van der Waals surface area contributed by atoms with Gasteiger partial charge in [-0.3, -0.25) is 4.79 Å². The maximum atomic E-state index is 12.5. The van der Waals surface area contributed by atoms with E-state index in [1.165, 1.54) is 0 Å². The summed E-state index contributed by atoms with van der Waals surface area (Å²) in [7, 11) is 0. The van der Waals surface area contributed by atoms with E-state index in [2.05, 4.69) is 11.4 Å². The van der Waals surface area contributed by atoms with Crippen LogP contribution >= 0.6 is 0 Å². The molecule has 1 N–H and O–H groups in total. The largest absolute Gasteiger partial charge is 0.480 e. The maximum Gasteiger partial charge on any atom is 0.262 e. The lowest BCUT2D eigenvalue weighted by atomic mass is 9.83. The third-order valence-electron chi connectivity index (χ3n) is 4.71. The highest BCUT2D eigenvalue weighted by Gasteiger charge is 2.35. The molecule has 0 heterocycles. The number of hydrogen-bond donors (Lipinski definition) is 1. The van der Waals surface area contributed by atoms with Crippen molar-refractivity contribution in [3.05, 3.63) is 42.5 Å². The normalized spacial score (nSPS) is 17.7. The number of nitrogens with one attached hydrogen (secondary N) is 1. The zero-order valence-electron chi connectivity index (χ0n) is 13.9. The van der Waals surface area contributed by atoms with Crippen LogP contribution in [0, 0.1) is 11.3 Å². The minimum absolute atomic E-state index is 0.230. The van der Waals surface area contributed by atoms with Crippen LogP contribution in [0.15, 0.2) is 42.5 Å². The fourth-order valence-corrected chi connectivity index (χ4v) is 3.30. The van der Waals surface area contributed by atoms with Gasteiger partial charge in [-0.1, -0.05) is 55.7 Å². The van der Waals surface area contributed by atoms with Crippen LogP contribution in [0.5, 0.6) is 5.75 Å². The van der Waals surface area contributed by atoms with Crippen molar-refractivity contribution in [3.8, 4) is 11.8 Å². The zero-order chi connectivity index (χ0) is 17.0. The predicted octanol–water partition coefficient (Wildman–Crippen LogP) is 3.95. The first-order valence-corrected chi connectivity index (χ1v) is 8.51. The molecule has 124 valence electrons. The standard InChI is InChI=1S/C20H22N2O2/c1-15(19(23)22-20(14-21)12-5-2-6-13-20)24-18-11-7-9-16-8-3-4-10-17(16)18/h3-4,7-11,15H,2,5-6,12-13H2,1H3,(H,22,23)/t15-/m0/s1. The molecule has 2 aromatic rings. The summed E-state index contributed by atoms with van der Waals surface area (Å²) < 4.78 is 5.90. The van der Waals surface area contributed by atoms with E-state index >= 15 is 0 Å². The first-order chi connectivity index (χ1) is 11.6. The average molecular weight is 322 g/mol. The number of nitriles is 1. The molecule has 1 amide bonds. The Balaban J connectivity index is 1.73. The van der Waals surface area contributed by atoms with Gasteiger partial charge in [-0.2, -0.15) is 5.26 Å². The van der Waals surface area contributed by atoms with E-state index in [1.807, 2.05) is 42.5 Å². The molecular weight excluding hydrogens is 300 g/mol. The fraction of sp³-hybridized carbons (Fsp3) is 0.400. The summed E-state index contributed by atoms with van der Waals surface area (Å²) >= 11 is 0. The van der Waals surface area contributed by atoms with Crippen LogP contribution in [-0.4, -0.2) is 17.6 Å². The number of ether oxygens (including phenoxy) is 1. The Morgan fingerprint density at radius 1 is 1.17 bits per heavy atom. The van der Waals surface area contributed by atoms with Gasteiger partial charge >= 0.3 is 0 Å². The summed E-state index contributed by atoms with van der Waals surface area (Å²) in [4.78, 5) is 12.5. The third-order valence-corrected chi connectivity index (χ3v) is 4.71. The van der Waals surface area contributed by atoms with Crippen molar-refractivity contribution < 1.29 is 9.53 Å². The van der Waals surface area contributed by atoms with E-state index in [4.69, 9.17) is 4.74 Å². The van der Waals surface area contributed by atoms with Gasteiger partial charge in [-0.05, 0) is 31.2 Å². The lowest BCUT2D eigenvalue weighted by Crippen LogP contribution is -2.52. The maximum absolute atomic E-state index is 12.5. The van der Waals surface area contributed by atoms with Crippen LogP contribution in [0.4, 0.5) is 0 Å². The predicted molar refractivity (Wildman–Crippen MR) is 93.6 cm³/mol. The summed E-state index contributed by atoms with van der Waals surface area (Å²) in [5, 5.41) is 14.5. The molecule has 0 unspecified atom stereocenters. The van der Waals surface area contributed by atoms with Crippen molar-refractivity contribution in [3.63, 3.8) is 0 Å². The number of carbonyl (C=O) groups is 1. The van der Waals surface area contributed by atoms with Gasteiger partial charge in [0.1, 0.15) is 11.3 Å². The molecule has 0 aliphatic heterocycles. The van der Waals surface area contributed by atoms with E-state index in [0.717, 1.165) is 42.9 Å². The van der Waals surface area contributed by atoms with Crippen molar-refractivity contribution in [2.45, 2.75) is 50.7 Å². The smallest absolute Gasteiger partial charge is 0.262 e. The molecule has 1 aliphatic rings. The molecule has 4 heteroatoms. The Morgan fingerprint density at radius 3 is 2.62 bits per heavy atom. The molecule has 0 saturated heterocycles. The summed E-state index contributed by atoms with van der Waals surface area (Å²) in [6, 6.07) is 16.0. The SMILES string of the molecule is C[C@H](Oc1cccc2ccccc12)C(=O)NC1(C#N)CCCCC1. The molecule has 24 heavy (non-hydrogen) atoms. The number of carbonyl (C=O) groups excluding carboxylic acids is 1. The minimum Gasteiger partial charge on any atom is -0.480 e. The van der Waals surface area contributed by atoms with Crippen molar-refractivity contribution >= 4 is 16.7 Å². The van der Waals surface area contributed by atoms with E-state index < -0.39 is 11.6 Å². The first kappa shape index (κ1) is 16.3. The van der Waals surface area contributed by atoms with Crippen molar-refractivity contribution in [1.29, 1.82) is 5.26 Å². The fourth-order valence-electron chi connectivity index (χ4n) is 3.30. The van der Waals surface area contributed by atoms with E-state index in [-0.39, 0.29) is 5.91 Å². The highest BCUT2D eigenvalue weighted by atomic mass is 16.5. The highest BCUT2D eigenvalue weighted by Crippen LogP contribution is 2.29. The molecule has 0 spiro atoms. The highest BCUT2D eigenvalue weighted by molar-refractivity contribution is 5.89. The molecule has 4 nitrogen and oxygen atoms in total. The number of nitrogens with zero attached hydrogens (tertiary/aromatic N) is 1. The second-order valence-electron chi connectivity index (χ2n) is 6.48. The zero-order valence-corrected chi connectivity index (χ0v) is 13.9. The van der Waals surface area contributed by atoms with Gasteiger partial charge < -0.3 is 10.1 Å². The van der Waals surface area contributed by atoms with Crippen LogP contribution in [0.3, 0.4) is 0 Å². The molecule has 0 radical (unpaired) electrons. The average Bonchev–Trinajstić information content (AvgIpc) is 2.62. The number of hydrogen-bond acceptors (Lipinski definition) is 3. The first-order valence-electron chi connectivity index (χ1n) is 8.51. The molecule has 0 bridgehead atoms. The van der Waals surface area contributed by atoms with E-state index in [9.17, 15) is 10.1 Å². The summed E-state index contributed by atoms with van der Waals surface area (Å²) in [5.74, 6) is 0.455. The van der Waals surface area contributed by atoms with Crippen molar-refractivity contribution in [1.82, 2.24) is 5.32 Å². The molecule has 1 atom stereocenters. The van der Waals surface area contributed by atoms with E-state index in [0.29, 0.717) is 5.75 Å². The second kappa shape index (κ2) is 6.92. The van der Waals surface area contributed by atoms with Gasteiger partial charge in [0.2, 0.25) is 0 Å². The Hall–Kier alpha value is -2.54. The van der Waals surface area contributed by atoms with Crippen molar-refractivity contribution in [2.24, 2.45) is 0 Å². The Labute approximate surface area is 142 Å². The molecule has 3 rings (SSSR count). The van der Waals surface area contributed by atoms with Gasteiger partial charge in [-0.25, -0.2) is 0 Å². The number of fused-ring (bicyclic) bond motifs is 1. The number of benzene rings is 2. The van der Waals surface area contributed by atoms with Gasteiger partial charge in [0.25, 0.3) is 5.91 Å².